The SMILES string of the molecule is FC(F)(F)c1cccc(OCC2CCNC2)n1. The molecule has 0 saturated carbocycles. The predicted octanol–water partition coefficient (Wildman–Crippen LogP) is 2.09. The lowest BCUT2D eigenvalue weighted by Crippen LogP contribution is -2.16. The summed E-state index contributed by atoms with van der Waals surface area (Å²) in [5.74, 6) is 0.387. The monoisotopic (exact) mass is 246 g/mol. The standard InChI is InChI=1S/C11H13F3N2O/c12-11(13,14)9-2-1-3-10(16-9)17-7-8-4-5-15-6-8/h1-3,8,15H,4-7H2. The van der Waals surface area contributed by atoms with E-state index in [2.05, 4.69) is 10.3 Å². The maximum atomic E-state index is 12.4. The van der Waals surface area contributed by atoms with Crippen LogP contribution in [-0.2, 0) is 6.18 Å². The number of aromatic nitrogens is 1. The second-order valence-electron chi connectivity index (χ2n) is 4.03. The smallest absolute Gasteiger partial charge is 0.433 e. The Morgan fingerprint density at radius 1 is 1.41 bits per heavy atom. The van der Waals surface area contributed by atoms with Crippen molar-refractivity contribution in [1.82, 2.24) is 10.3 Å². The summed E-state index contributed by atoms with van der Waals surface area (Å²) < 4.78 is 42.4. The summed E-state index contributed by atoms with van der Waals surface area (Å²) in [6.45, 7) is 2.18. The minimum atomic E-state index is -4.42. The van der Waals surface area contributed by atoms with Gasteiger partial charge in [0.2, 0.25) is 5.88 Å². The van der Waals surface area contributed by atoms with E-state index >= 15 is 0 Å². The van der Waals surface area contributed by atoms with Gasteiger partial charge >= 0.3 is 6.18 Å². The van der Waals surface area contributed by atoms with Crippen molar-refractivity contribution in [3.8, 4) is 5.88 Å². The molecule has 1 atom stereocenters. The summed E-state index contributed by atoms with van der Waals surface area (Å²) in [6, 6.07) is 3.68. The number of hydrogen-bond donors (Lipinski definition) is 1. The van der Waals surface area contributed by atoms with Crippen molar-refractivity contribution >= 4 is 0 Å². The van der Waals surface area contributed by atoms with Crippen molar-refractivity contribution in [2.75, 3.05) is 19.7 Å². The number of nitrogens with one attached hydrogen (secondary N) is 1. The van der Waals surface area contributed by atoms with Gasteiger partial charge in [0.15, 0.2) is 0 Å². The highest BCUT2D eigenvalue weighted by atomic mass is 19.4. The van der Waals surface area contributed by atoms with E-state index in [-0.39, 0.29) is 5.88 Å². The fourth-order valence-electron chi connectivity index (χ4n) is 1.71. The molecule has 0 aromatic carbocycles. The van der Waals surface area contributed by atoms with Crippen molar-refractivity contribution in [1.29, 1.82) is 0 Å². The Morgan fingerprint density at radius 2 is 2.24 bits per heavy atom. The van der Waals surface area contributed by atoms with Crippen molar-refractivity contribution < 1.29 is 17.9 Å². The van der Waals surface area contributed by atoms with E-state index < -0.39 is 11.9 Å². The van der Waals surface area contributed by atoms with E-state index in [4.69, 9.17) is 4.74 Å². The molecule has 0 bridgehead atoms. The highest BCUT2D eigenvalue weighted by molar-refractivity contribution is 5.17. The summed E-state index contributed by atoms with van der Waals surface area (Å²) in [6.07, 6.45) is -3.44. The highest BCUT2D eigenvalue weighted by Crippen LogP contribution is 2.28. The third-order valence-corrected chi connectivity index (χ3v) is 2.64. The quantitative estimate of drug-likeness (QED) is 0.886. The van der Waals surface area contributed by atoms with Crippen LogP contribution in [0.15, 0.2) is 18.2 Å². The van der Waals surface area contributed by atoms with Crippen LogP contribution in [0.25, 0.3) is 0 Å². The molecule has 0 aliphatic carbocycles. The highest BCUT2D eigenvalue weighted by Gasteiger charge is 2.32. The molecule has 1 unspecified atom stereocenters. The lowest BCUT2D eigenvalue weighted by molar-refractivity contribution is -0.141. The second kappa shape index (κ2) is 4.91. The number of alkyl halides is 3. The first kappa shape index (κ1) is 12.2. The number of hydrogen-bond acceptors (Lipinski definition) is 3. The van der Waals surface area contributed by atoms with Gasteiger partial charge in [-0.3, -0.25) is 0 Å². The fourth-order valence-corrected chi connectivity index (χ4v) is 1.71. The molecular weight excluding hydrogens is 233 g/mol. The minimum Gasteiger partial charge on any atom is -0.477 e. The number of nitrogens with zero attached hydrogens (tertiary/aromatic N) is 1. The Bertz CT molecular complexity index is 375. The Morgan fingerprint density at radius 3 is 2.88 bits per heavy atom. The average Bonchev–Trinajstić information content (AvgIpc) is 2.78. The number of rotatable bonds is 3. The summed E-state index contributed by atoms with van der Waals surface area (Å²) in [4.78, 5) is 3.44. The van der Waals surface area contributed by atoms with Gasteiger partial charge in [0.05, 0.1) is 6.61 Å². The summed E-state index contributed by atoms with van der Waals surface area (Å²) >= 11 is 0. The van der Waals surface area contributed by atoms with Crippen molar-refractivity contribution in [2.45, 2.75) is 12.6 Å². The molecule has 94 valence electrons. The van der Waals surface area contributed by atoms with E-state index in [0.717, 1.165) is 25.6 Å². The molecular formula is C11H13F3N2O. The zero-order valence-electron chi connectivity index (χ0n) is 9.13. The molecule has 0 amide bonds. The van der Waals surface area contributed by atoms with Crippen LogP contribution in [0.4, 0.5) is 13.2 Å². The largest absolute Gasteiger partial charge is 0.477 e. The summed E-state index contributed by atoms with van der Waals surface area (Å²) in [7, 11) is 0. The van der Waals surface area contributed by atoms with E-state index in [0.29, 0.717) is 12.5 Å². The van der Waals surface area contributed by atoms with E-state index in [1.54, 1.807) is 0 Å². The molecule has 1 N–H and O–H groups in total. The van der Waals surface area contributed by atoms with Crippen LogP contribution >= 0.6 is 0 Å². The molecule has 1 fully saturated rings. The Balaban J connectivity index is 1.96. The molecule has 0 radical (unpaired) electrons. The first-order valence-electron chi connectivity index (χ1n) is 5.43. The van der Waals surface area contributed by atoms with Gasteiger partial charge in [-0.25, -0.2) is 4.98 Å². The molecule has 1 aliphatic rings. The third kappa shape index (κ3) is 3.33. The van der Waals surface area contributed by atoms with Crippen molar-refractivity contribution in [3.05, 3.63) is 23.9 Å². The predicted molar refractivity (Wildman–Crippen MR) is 55.7 cm³/mol. The van der Waals surface area contributed by atoms with Gasteiger partial charge in [-0.1, -0.05) is 6.07 Å². The Hall–Kier alpha value is -1.30. The molecule has 0 spiro atoms. The van der Waals surface area contributed by atoms with Gasteiger partial charge in [0, 0.05) is 18.5 Å². The zero-order valence-corrected chi connectivity index (χ0v) is 9.13. The molecule has 2 heterocycles. The van der Waals surface area contributed by atoms with E-state index in [9.17, 15) is 13.2 Å². The Labute approximate surface area is 97.0 Å². The first-order valence-corrected chi connectivity index (χ1v) is 5.43. The first-order chi connectivity index (χ1) is 8.05. The molecule has 1 aromatic rings. The zero-order chi connectivity index (χ0) is 12.3. The van der Waals surface area contributed by atoms with Crippen LogP contribution in [-0.4, -0.2) is 24.7 Å². The van der Waals surface area contributed by atoms with Gasteiger partial charge in [-0.05, 0) is 19.0 Å². The van der Waals surface area contributed by atoms with Crippen molar-refractivity contribution in [3.63, 3.8) is 0 Å². The van der Waals surface area contributed by atoms with Crippen LogP contribution < -0.4 is 10.1 Å². The second-order valence-corrected chi connectivity index (χ2v) is 4.03. The molecule has 1 aliphatic heterocycles. The molecule has 1 aromatic heterocycles. The van der Waals surface area contributed by atoms with Gasteiger partial charge in [0.1, 0.15) is 5.69 Å². The maximum Gasteiger partial charge on any atom is 0.433 e. The average molecular weight is 246 g/mol. The van der Waals surface area contributed by atoms with Crippen LogP contribution in [0.5, 0.6) is 5.88 Å². The van der Waals surface area contributed by atoms with Crippen LogP contribution in [0.1, 0.15) is 12.1 Å². The lowest BCUT2D eigenvalue weighted by atomic mass is 10.1. The number of ether oxygens (including phenoxy) is 1. The summed E-state index contributed by atoms with van der Waals surface area (Å²) in [5.41, 5.74) is -0.917. The van der Waals surface area contributed by atoms with Crippen LogP contribution in [0.3, 0.4) is 0 Å². The van der Waals surface area contributed by atoms with Gasteiger partial charge in [-0.2, -0.15) is 13.2 Å². The minimum absolute atomic E-state index is 0.0340. The van der Waals surface area contributed by atoms with Gasteiger partial charge in [-0.15, -0.1) is 0 Å². The van der Waals surface area contributed by atoms with Crippen LogP contribution in [0.2, 0.25) is 0 Å². The van der Waals surface area contributed by atoms with Crippen LogP contribution in [0, 0.1) is 5.92 Å². The van der Waals surface area contributed by atoms with Crippen molar-refractivity contribution in [2.24, 2.45) is 5.92 Å². The normalized spacial score (nSPS) is 20.5. The van der Waals surface area contributed by atoms with Gasteiger partial charge < -0.3 is 10.1 Å². The molecule has 6 heteroatoms. The Kier molecular flexibility index (Phi) is 3.51. The molecule has 2 rings (SSSR count). The maximum absolute atomic E-state index is 12.4. The fraction of sp³-hybridized carbons (Fsp3) is 0.545. The summed E-state index contributed by atoms with van der Waals surface area (Å²) in [5, 5.41) is 3.16. The number of pyridine rings is 1. The molecule has 17 heavy (non-hydrogen) atoms. The van der Waals surface area contributed by atoms with Gasteiger partial charge in [0.25, 0.3) is 0 Å². The third-order valence-electron chi connectivity index (χ3n) is 2.64. The molecule has 3 nitrogen and oxygen atoms in total. The number of halogens is 3. The molecule has 1 saturated heterocycles. The topological polar surface area (TPSA) is 34.1 Å². The van der Waals surface area contributed by atoms with E-state index in [1.807, 2.05) is 0 Å². The lowest BCUT2D eigenvalue weighted by Gasteiger charge is -2.11. The van der Waals surface area contributed by atoms with E-state index in [1.165, 1.54) is 12.1 Å².